The average Bonchev–Trinajstić information content (AvgIpc) is 3.46. The Morgan fingerprint density at radius 2 is 1.64 bits per heavy atom. The van der Waals surface area contributed by atoms with E-state index in [1.807, 2.05) is 41.0 Å². The molecule has 4 N–H and O–H groups in total. The van der Waals surface area contributed by atoms with Crippen molar-refractivity contribution >= 4 is 45.0 Å². The first-order valence-electron chi connectivity index (χ1n) is 11.0. The van der Waals surface area contributed by atoms with Gasteiger partial charge in [0.15, 0.2) is 11.7 Å². The van der Waals surface area contributed by atoms with E-state index in [1.54, 1.807) is 12.1 Å². The Morgan fingerprint density at radius 1 is 0.909 bits per heavy atom. The molecule has 0 unspecified atom stereocenters. The standard InChI is InChI=1S/C25H17N3O5/c29-22-13-9-15(23(22)30)28(33)14-8-4-2-6-11(14)17-19-18(24(31)26-25(19)32)16-10-5-1-3-7-12(10)27(13)20(16)21(17)28/h1-8,13,15,22-23,29-30,33H,9H2/p+1/t13-,15+,22+,23-,28-/m0/s1. The number of quaternary nitrogens is 1. The maximum Gasteiger partial charge on any atom is 0.259 e. The number of nitrogens with one attached hydrogen (secondary N) is 1. The van der Waals surface area contributed by atoms with Gasteiger partial charge >= 0.3 is 0 Å². The SMILES string of the molecule is O=C1NC(=O)c2c1c1c3c4c2c2ccccc2n4[C@H]2C[C@H]([C@H](O)[C@@H]2O)[N@@+]3(O)c2ccccc2-1. The zero-order valence-corrected chi connectivity index (χ0v) is 17.2. The molecule has 8 nitrogen and oxygen atoms in total. The number of hydrogen-bond donors (Lipinski definition) is 4. The summed E-state index contributed by atoms with van der Waals surface area (Å²) in [4.78, 5) is 26.2. The summed E-state index contributed by atoms with van der Waals surface area (Å²) in [6.07, 6.45) is -1.93. The Labute approximate surface area is 186 Å². The molecule has 1 saturated carbocycles. The van der Waals surface area contributed by atoms with Crippen LogP contribution in [0.5, 0.6) is 0 Å². The van der Waals surface area contributed by atoms with Crippen LogP contribution in [0.4, 0.5) is 11.4 Å². The number of hydrogen-bond acceptors (Lipinski definition) is 5. The van der Waals surface area contributed by atoms with Crippen LogP contribution in [-0.2, 0) is 0 Å². The predicted octanol–water partition coefficient (Wildman–Crippen LogP) is 2.74. The van der Waals surface area contributed by atoms with Crippen LogP contribution in [0.15, 0.2) is 48.5 Å². The fourth-order valence-corrected chi connectivity index (χ4v) is 6.92. The number of nitrogens with zero attached hydrogens (tertiary/aromatic N) is 2. The lowest BCUT2D eigenvalue weighted by Gasteiger charge is -2.34. The first kappa shape index (κ1) is 17.9. The van der Waals surface area contributed by atoms with Gasteiger partial charge in [-0.25, -0.2) is 5.21 Å². The summed E-state index contributed by atoms with van der Waals surface area (Å²) in [5.74, 6) is -0.950. The highest BCUT2D eigenvalue weighted by Gasteiger charge is 2.64. The molecule has 33 heavy (non-hydrogen) atoms. The number of hydroxylamine groups is 1. The number of amides is 2. The third-order valence-corrected chi connectivity index (χ3v) is 8.12. The quantitative estimate of drug-likeness (QED) is 0.248. The van der Waals surface area contributed by atoms with Gasteiger partial charge in [-0.15, -0.1) is 4.65 Å². The van der Waals surface area contributed by atoms with E-state index in [4.69, 9.17) is 0 Å². The molecule has 1 aromatic heterocycles. The van der Waals surface area contributed by atoms with E-state index in [0.29, 0.717) is 45.4 Å². The number of fused-ring (bicyclic) bond motifs is 13. The lowest BCUT2D eigenvalue weighted by Crippen LogP contribution is -2.54. The number of aliphatic hydroxyl groups is 2. The Morgan fingerprint density at radius 3 is 2.48 bits per heavy atom. The molecule has 4 aromatic rings. The molecule has 4 aliphatic rings. The maximum absolute atomic E-state index is 13.1. The number of aliphatic hydroxyl groups excluding tert-OH is 2. The normalized spacial score (nSPS) is 30.6. The number of benzene rings is 3. The van der Waals surface area contributed by atoms with Crippen LogP contribution in [0, 0.1) is 0 Å². The van der Waals surface area contributed by atoms with Gasteiger partial charge in [0, 0.05) is 28.8 Å². The summed E-state index contributed by atoms with van der Waals surface area (Å²) in [5, 5.41) is 38.5. The summed E-state index contributed by atoms with van der Waals surface area (Å²) < 4.78 is 1.26. The Hall–Kier alpha value is -3.56. The second-order valence-corrected chi connectivity index (χ2v) is 9.42. The van der Waals surface area contributed by atoms with Crippen LogP contribution < -0.4 is 9.96 Å². The number of para-hydroxylation sites is 2. The lowest BCUT2D eigenvalue weighted by molar-refractivity contribution is -0.0997. The average molecular weight is 440 g/mol. The van der Waals surface area contributed by atoms with Crippen LogP contribution in [0.1, 0.15) is 33.2 Å². The molecule has 1 aliphatic carbocycles. The summed E-state index contributed by atoms with van der Waals surface area (Å²) >= 11 is 0. The van der Waals surface area contributed by atoms with Gasteiger partial charge in [-0.1, -0.05) is 30.3 Å². The number of imide groups is 1. The summed E-state index contributed by atoms with van der Waals surface area (Å²) in [5.41, 5.74) is 4.19. The van der Waals surface area contributed by atoms with Gasteiger partial charge < -0.3 is 14.8 Å². The van der Waals surface area contributed by atoms with Crippen molar-refractivity contribution in [3.8, 4) is 11.1 Å². The van der Waals surface area contributed by atoms with Crippen LogP contribution >= 0.6 is 0 Å². The first-order chi connectivity index (χ1) is 15.9. The molecule has 8 heteroatoms. The minimum absolute atomic E-state index is 0.264. The minimum Gasteiger partial charge on any atom is -0.388 e. The van der Waals surface area contributed by atoms with Crippen molar-refractivity contribution in [3.05, 3.63) is 59.7 Å². The van der Waals surface area contributed by atoms with E-state index in [1.165, 1.54) is 0 Å². The Bertz CT molecular complexity index is 1640. The second-order valence-electron chi connectivity index (χ2n) is 9.42. The minimum atomic E-state index is -1.17. The molecule has 1 fully saturated rings. The van der Waals surface area contributed by atoms with Crippen LogP contribution in [-0.4, -0.2) is 50.1 Å². The lowest BCUT2D eigenvalue weighted by atomic mass is 9.92. The van der Waals surface area contributed by atoms with Crippen LogP contribution in [0.2, 0.25) is 0 Å². The summed E-state index contributed by atoms with van der Waals surface area (Å²) in [6.45, 7) is 0. The Kier molecular flexibility index (Phi) is 2.89. The monoisotopic (exact) mass is 440 g/mol. The molecular formula is C25H18N3O5+. The van der Waals surface area contributed by atoms with Crippen molar-refractivity contribution in [2.24, 2.45) is 0 Å². The van der Waals surface area contributed by atoms with Crippen molar-refractivity contribution in [3.63, 3.8) is 0 Å². The highest BCUT2D eigenvalue weighted by molar-refractivity contribution is 6.36. The third kappa shape index (κ3) is 1.69. The molecule has 162 valence electrons. The van der Waals surface area contributed by atoms with Gasteiger partial charge in [-0.2, -0.15) is 0 Å². The van der Waals surface area contributed by atoms with Gasteiger partial charge in [-0.05, 0) is 12.1 Å². The van der Waals surface area contributed by atoms with Crippen molar-refractivity contribution < 1.29 is 25.0 Å². The van der Waals surface area contributed by atoms with Gasteiger partial charge in [-0.3, -0.25) is 14.9 Å². The molecule has 2 bridgehead atoms. The molecule has 8 rings (SSSR count). The van der Waals surface area contributed by atoms with E-state index in [-0.39, 0.29) is 5.56 Å². The van der Waals surface area contributed by atoms with E-state index in [9.17, 15) is 25.0 Å². The number of carbonyl (C=O) groups is 2. The molecule has 0 saturated heterocycles. The molecule has 0 spiro atoms. The smallest absolute Gasteiger partial charge is 0.259 e. The van der Waals surface area contributed by atoms with E-state index < -0.39 is 40.8 Å². The predicted molar refractivity (Wildman–Crippen MR) is 119 cm³/mol. The van der Waals surface area contributed by atoms with Gasteiger partial charge in [0.05, 0.1) is 28.3 Å². The number of carbonyl (C=O) groups excluding carboxylic acids is 2. The zero-order chi connectivity index (χ0) is 22.4. The summed E-state index contributed by atoms with van der Waals surface area (Å²) in [6, 6.07) is 13.6. The Balaban J connectivity index is 1.74. The highest BCUT2D eigenvalue weighted by Crippen LogP contribution is 2.63. The molecule has 3 aliphatic heterocycles. The third-order valence-electron chi connectivity index (χ3n) is 8.12. The molecule has 5 atom stereocenters. The van der Waals surface area contributed by atoms with Crippen molar-refractivity contribution in [2.45, 2.75) is 30.7 Å². The van der Waals surface area contributed by atoms with E-state index in [0.717, 1.165) is 10.9 Å². The van der Waals surface area contributed by atoms with E-state index >= 15 is 0 Å². The molecule has 0 radical (unpaired) electrons. The van der Waals surface area contributed by atoms with Gasteiger partial charge in [0.1, 0.15) is 17.7 Å². The zero-order valence-electron chi connectivity index (χ0n) is 17.2. The second kappa shape index (κ2) is 5.32. The van der Waals surface area contributed by atoms with Crippen molar-refractivity contribution in [2.75, 3.05) is 0 Å². The van der Waals surface area contributed by atoms with Crippen molar-refractivity contribution in [1.82, 2.24) is 14.5 Å². The van der Waals surface area contributed by atoms with Gasteiger partial charge in [0.25, 0.3) is 11.8 Å². The van der Waals surface area contributed by atoms with Gasteiger partial charge in [0.2, 0.25) is 5.69 Å². The first-order valence-corrected chi connectivity index (χ1v) is 11.0. The highest BCUT2D eigenvalue weighted by atomic mass is 16.6. The molecule has 3 aromatic carbocycles. The molecule has 4 heterocycles. The topological polar surface area (TPSA) is 112 Å². The maximum atomic E-state index is 13.1. The molecular weight excluding hydrogens is 422 g/mol. The van der Waals surface area contributed by atoms with Crippen molar-refractivity contribution in [1.29, 1.82) is 0 Å². The largest absolute Gasteiger partial charge is 0.388 e. The fourth-order valence-electron chi connectivity index (χ4n) is 6.92. The summed E-state index contributed by atoms with van der Waals surface area (Å²) in [7, 11) is 0. The van der Waals surface area contributed by atoms with Crippen LogP contribution in [0.25, 0.3) is 32.9 Å². The van der Waals surface area contributed by atoms with Crippen LogP contribution in [0.3, 0.4) is 0 Å². The van der Waals surface area contributed by atoms with E-state index in [2.05, 4.69) is 5.32 Å². The number of rotatable bonds is 0. The fraction of sp³-hybridized carbons (Fsp3) is 0.200. The number of aromatic nitrogens is 1. The molecule has 2 amide bonds.